The lowest BCUT2D eigenvalue weighted by Crippen LogP contribution is -2.45. The summed E-state index contributed by atoms with van der Waals surface area (Å²) in [6.45, 7) is 4.50. The zero-order chi connectivity index (χ0) is 21.9. The van der Waals surface area contributed by atoms with Gasteiger partial charge in [-0.25, -0.2) is 0 Å². The summed E-state index contributed by atoms with van der Waals surface area (Å²) in [5, 5.41) is 4.86. The van der Waals surface area contributed by atoms with Crippen LogP contribution in [0, 0.1) is 17.3 Å². The van der Waals surface area contributed by atoms with Crippen LogP contribution in [-0.2, 0) is 16.1 Å². The van der Waals surface area contributed by atoms with Crippen molar-refractivity contribution in [3.8, 4) is 0 Å². The van der Waals surface area contributed by atoms with Gasteiger partial charge in [0.2, 0.25) is 5.91 Å². The Morgan fingerprint density at radius 3 is 2.77 bits per heavy atom. The van der Waals surface area contributed by atoms with Gasteiger partial charge in [-0.1, -0.05) is 13.8 Å². The number of carbonyl (C=O) groups is 3. The van der Waals surface area contributed by atoms with Crippen LogP contribution >= 0.6 is 0 Å². The van der Waals surface area contributed by atoms with Gasteiger partial charge in [0.15, 0.2) is 11.5 Å². The van der Waals surface area contributed by atoms with Crippen LogP contribution in [0.4, 0.5) is 0 Å². The van der Waals surface area contributed by atoms with Crippen LogP contribution in [0.15, 0.2) is 18.5 Å². The Hall–Kier alpha value is -2.77. The summed E-state index contributed by atoms with van der Waals surface area (Å²) in [6.07, 6.45) is 8.79. The van der Waals surface area contributed by atoms with Crippen LogP contribution in [0.25, 0.3) is 10.9 Å². The number of Topliss-reactive ketones (excluding diaryl/α,β-unsaturated/α-hetero) is 1. The van der Waals surface area contributed by atoms with Crippen molar-refractivity contribution in [3.63, 3.8) is 0 Å². The van der Waals surface area contributed by atoms with Gasteiger partial charge in [0.05, 0.1) is 17.8 Å². The first kappa shape index (κ1) is 20.2. The van der Waals surface area contributed by atoms with Crippen molar-refractivity contribution in [2.75, 3.05) is 0 Å². The van der Waals surface area contributed by atoms with E-state index in [1.807, 2.05) is 0 Å². The predicted octanol–water partition coefficient (Wildman–Crippen LogP) is 2.31. The van der Waals surface area contributed by atoms with Crippen molar-refractivity contribution in [2.45, 2.75) is 71.0 Å². The van der Waals surface area contributed by atoms with Crippen LogP contribution < -0.4 is 5.73 Å². The van der Waals surface area contributed by atoms with Crippen LogP contribution in [0.3, 0.4) is 0 Å². The molecule has 1 unspecified atom stereocenters. The number of ketones is 1. The van der Waals surface area contributed by atoms with Crippen LogP contribution in [0.1, 0.15) is 62.9 Å². The number of piperidine rings is 1. The summed E-state index contributed by atoms with van der Waals surface area (Å²) >= 11 is 0. The van der Waals surface area contributed by atoms with E-state index in [1.54, 1.807) is 23.4 Å². The third-order valence-electron chi connectivity index (χ3n) is 7.40. The highest BCUT2D eigenvalue weighted by molar-refractivity contribution is 6.04. The summed E-state index contributed by atoms with van der Waals surface area (Å²) < 4.78 is 1.49. The lowest BCUT2D eigenvalue weighted by atomic mass is 9.88. The molecule has 2 N–H and O–H groups in total. The van der Waals surface area contributed by atoms with Gasteiger partial charge in [0.25, 0.3) is 5.91 Å². The van der Waals surface area contributed by atoms with E-state index in [0.29, 0.717) is 34.6 Å². The quantitative estimate of drug-likeness (QED) is 0.766. The van der Waals surface area contributed by atoms with E-state index in [2.05, 4.69) is 23.9 Å². The number of nitrogens with zero attached hydrogens (tertiary/aromatic N) is 4. The average Bonchev–Trinajstić information content (AvgIpc) is 3.05. The zero-order valence-corrected chi connectivity index (χ0v) is 18.1. The Balaban J connectivity index is 1.33. The molecule has 5 rings (SSSR count). The minimum absolute atomic E-state index is 0.0288. The van der Waals surface area contributed by atoms with Crippen LogP contribution in [-0.4, -0.2) is 49.3 Å². The molecule has 4 atom stereocenters. The molecule has 3 heterocycles. The largest absolute Gasteiger partial charge is 0.364 e. The topological polar surface area (TPSA) is 111 Å². The molecule has 0 radical (unpaired) electrons. The van der Waals surface area contributed by atoms with Gasteiger partial charge in [-0.2, -0.15) is 5.10 Å². The van der Waals surface area contributed by atoms with Crippen molar-refractivity contribution >= 4 is 28.5 Å². The molecule has 164 valence electrons. The number of fused-ring (bicyclic) bond motifs is 2. The number of hydrogen-bond donors (Lipinski definition) is 1. The number of primary amides is 1. The van der Waals surface area contributed by atoms with Crippen molar-refractivity contribution in [2.24, 2.45) is 23.0 Å². The molecule has 2 aliphatic carbocycles. The van der Waals surface area contributed by atoms with Crippen LogP contribution in [0.2, 0.25) is 0 Å². The minimum Gasteiger partial charge on any atom is -0.364 e. The van der Waals surface area contributed by atoms with Gasteiger partial charge in [-0.3, -0.25) is 24.0 Å². The smallest absolute Gasteiger partial charge is 0.269 e. The second kappa shape index (κ2) is 7.14. The van der Waals surface area contributed by atoms with E-state index in [4.69, 9.17) is 5.73 Å². The number of likely N-dealkylation sites (tertiary alicyclic amines) is 1. The maximum absolute atomic E-state index is 13.3. The molecule has 8 heteroatoms. The Labute approximate surface area is 181 Å². The Bertz CT molecular complexity index is 1070. The maximum atomic E-state index is 13.3. The average molecular weight is 424 g/mol. The van der Waals surface area contributed by atoms with Gasteiger partial charge >= 0.3 is 0 Å². The molecule has 0 aromatic carbocycles. The molecule has 0 bridgehead atoms. The predicted molar refractivity (Wildman–Crippen MR) is 114 cm³/mol. The number of rotatable bonds is 6. The fraction of sp³-hybridized carbons (Fsp3) is 0.609. The van der Waals surface area contributed by atoms with Crippen molar-refractivity contribution < 1.29 is 14.4 Å². The SMILES string of the molecule is CC1(C)CCC(CC(=O)[C@@H]2C[C@H]3C[C@H]3N2C(=O)Cn2nc(C(N)=O)c3ccncc32)C1. The number of aromatic nitrogens is 3. The highest BCUT2D eigenvalue weighted by atomic mass is 16.2. The monoisotopic (exact) mass is 423 g/mol. The number of amides is 2. The van der Waals surface area contributed by atoms with Gasteiger partial charge in [0, 0.05) is 24.0 Å². The first-order chi connectivity index (χ1) is 14.7. The second-order valence-corrected chi connectivity index (χ2v) is 10.3. The van der Waals surface area contributed by atoms with Gasteiger partial charge in [0.1, 0.15) is 6.54 Å². The maximum Gasteiger partial charge on any atom is 0.269 e. The van der Waals surface area contributed by atoms with E-state index in [-0.39, 0.29) is 36.0 Å². The molecule has 0 spiro atoms. The number of carbonyl (C=O) groups excluding carboxylic acids is 3. The lowest BCUT2D eigenvalue weighted by Gasteiger charge is -2.28. The fourth-order valence-corrected chi connectivity index (χ4v) is 5.81. The Morgan fingerprint density at radius 1 is 1.26 bits per heavy atom. The standard InChI is InChI=1S/C23H29N5O3/c1-23(2)5-3-13(10-23)7-19(29)17-9-14-8-16(14)28(17)20(30)12-27-18-11-25-6-4-15(18)21(26-27)22(24)31/h4,6,11,13-14,16-17H,3,5,7-10,12H2,1-2H3,(H2,24,31)/t13?,14-,16-,17+/m1/s1. The molecule has 8 nitrogen and oxygen atoms in total. The van der Waals surface area contributed by atoms with Crippen molar-refractivity contribution in [3.05, 3.63) is 24.2 Å². The lowest BCUT2D eigenvalue weighted by molar-refractivity contribution is -0.139. The van der Waals surface area contributed by atoms with Gasteiger partial charge < -0.3 is 10.6 Å². The molecule has 2 amide bonds. The highest BCUT2D eigenvalue weighted by Crippen LogP contribution is 2.49. The molecule has 2 saturated carbocycles. The van der Waals surface area contributed by atoms with Crippen LogP contribution in [0.5, 0.6) is 0 Å². The van der Waals surface area contributed by atoms with Crippen molar-refractivity contribution in [1.82, 2.24) is 19.7 Å². The summed E-state index contributed by atoms with van der Waals surface area (Å²) in [7, 11) is 0. The van der Waals surface area contributed by atoms with Crippen molar-refractivity contribution in [1.29, 1.82) is 0 Å². The molecule has 1 aliphatic heterocycles. The summed E-state index contributed by atoms with van der Waals surface area (Å²) in [6, 6.07) is 1.51. The first-order valence-corrected chi connectivity index (χ1v) is 11.2. The molecule has 2 aromatic heterocycles. The third kappa shape index (κ3) is 3.62. The molecule has 3 aliphatic rings. The molecule has 31 heavy (non-hydrogen) atoms. The first-order valence-electron chi connectivity index (χ1n) is 11.2. The minimum atomic E-state index is -0.640. The third-order valence-corrected chi connectivity index (χ3v) is 7.40. The van der Waals surface area contributed by atoms with E-state index >= 15 is 0 Å². The van der Waals surface area contributed by atoms with Gasteiger partial charge in [-0.05, 0) is 55.4 Å². The summed E-state index contributed by atoms with van der Waals surface area (Å²) in [5.41, 5.74) is 6.49. The molecule has 3 fully saturated rings. The van der Waals surface area contributed by atoms with E-state index in [1.165, 1.54) is 4.68 Å². The second-order valence-electron chi connectivity index (χ2n) is 10.3. The number of nitrogens with two attached hydrogens (primary N) is 1. The molecular weight excluding hydrogens is 394 g/mol. The summed E-state index contributed by atoms with van der Waals surface area (Å²) in [4.78, 5) is 44.1. The van der Waals surface area contributed by atoms with Gasteiger partial charge in [-0.15, -0.1) is 0 Å². The fourth-order valence-electron chi connectivity index (χ4n) is 5.81. The summed E-state index contributed by atoms with van der Waals surface area (Å²) in [5.74, 6) is 0.302. The van der Waals surface area contributed by atoms with E-state index in [9.17, 15) is 14.4 Å². The highest BCUT2D eigenvalue weighted by Gasteiger charge is 2.55. The molecular formula is C23H29N5O3. The number of pyridine rings is 1. The zero-order valence-electron chi connectivity index (χ0n) is 18.1. The normalized spacial score (nSPS) is 28.6. The van der Waals surface area contributed by atoms with E-state index < -0.39 is 5.91 Å². The van der Waals surface area contributed by atoms with E-state index in [0.717, 1.165) is 32.1 Å². The Kier molecular flexibility index (Phi) is 4.64. The molecule has 1 saturated heterocycles. The molecule has 2 aromatic rings. The Morgan fingerprint density at radius 2 is 2.06 bits per heavy atom. The number of hydrogen-bond acceptors (Lipinski definition) is 5.